The van der Waals surface area contributed by atoms with Gasteiger partial charge in [-0.05, 0) is 43.8 Å². The number of hydrogen-bond acceptors (Lipinski definition) is 3. The lowest BCUT2D eigenvalue weighted by molar-refractivity contribution is 0.101. The van der Waals surface area contributed by atoms with Gasteiger partial charge in [-0.25, -0.2) is 4.79 Å². The quantitative estimate of drug-likeness (QED) is 0.873. The van der Waals surface area contributed by atoms with Crippen LogP contribution in [-0.2, 0) is 0 Å². The number of piperazine rings is 1. The molecular weight excluding hydrogens is 314 g/mol. The van der Waals surface area contributed by atoms with Gasteiger partial charge in [-0.2, -0.15) is 0 Å². The number of rotatable bonds is 3. The Balaban J connectivity index is 1.75. The van der Waals surface area contributed by atoms with E-state index in [-0.39, 0.29) is 17.9 Å². The van der Waals surface area contributed by atoms with Gasteiger partial charge in [0.05, 0.1) is 6.04 Å². The molecule has 0 aromatic heterocycles. The van der Waals surface area contributed by atoms with Gasteiger partial charge >= 0.3 is 6.03 Å². The molecule has 5 nitrogen and oxygen atoms in total. The van der Waals surface area contributed by atoms with Crippen LogP contribution in [0.3, 0.4) is 0 Å². The molecule has 0 spiro atoms. The van der Waals surface area contributed by atoms with E-state index in [1.54, 1.807) is 24.3 Å². The Labute approximate surface area is 148 Å². The summed E-state index contributed by atoms with van der Waals surface area (Å²) in [5.41, 5.74) is 2.47. The summed E-state index contributed by atoms with van der Waals surface area (Å²) in [4.78, 5) is 28.3. The Kier molecular flexibility index (Phi) is 5.14. The zero-order valence-electron chi connectivity index (χ0n) is 14.6. The predicted octanol–water partition coefficient (Wildman–Crippen LogP) is 3.41. The largest absolute Gasteiger partial charge is 0.322 e. The van der Waals surface area contributed by atoms with Crippen molar-refractivity contribution in [3.63, 3.8) is 0 Å². The lowest BCUT2D eigenvalue weighted by Crippen LogP contribution is -2.50. The third kappa shape index (κ3) is 4.06. The minimum atomic E-state index is -0.113. The number of amides is 2. The number of urea groups is 1. The standard InChI is InChI=1S/C20H23N3O2/c1-15(24)16-8-10-18(11-9-16)21-20(25)23-13-12-22(2)14-19(23)17-6-4-3-5-7-17/h3-11,19H,12-14H2,1-2H3,(H,21,25)/t19-/m0/s1. The van der Waals surface area contributed by atoms with E-state index < -0.39 is 0 Å². The van der Waals surface area contributed by atoms with E-state index >= 15 is 0 Å². The van der Waals surface area contributed by atoms with Crippen molar-refractivity contribution in [3.8, 4) is 0 Å². The zero-order valence-corrected chi connectivity index (χ0v) is 14.6. The second kappa shape index (κ2) is 7.49. The first-order valence-corrected chi connectivity index (χ1v) is 8.46. The van der Waals surface area contributed by atoms with Crippen LogP contribution < -0.4 is 5.32 Å². The number of nitrogens with zero attached hydrogens (tertiary/aromatic N) is 2. The Hall–Kier alpha value is -2.66. The van der Waals surface area contributed by atoms with Gasteiger partial charge in [0.2, 0.25) is 0 Å². The minimum Gasteiger partial charge on any atom is -0.315 e. The smallest absolute Gasteiger partial charge is 0.315 e. The Morgan fingerprint density at radius 3 is 2.32 bits per heavy atom. The van der Waals surface area contributed by atoms with Crippen molar-refractivity contribution in [3.05, 3.63) is 65.7 Å². The topological polar surface area (TPSA) is 52.7 Å². The van der Waals surface area contributed by atoms with Crippen LogP contribution in [0.1, 0.15) is 28.9 Å². The molecule has 1 heterocycles. The van der Waals surface area contributed by atoms with Gasteiger partial charge in [-0.3, -0.25) is 4.79 Å². The second-order valence-corrected chi connectivity index (χ2v) is 6.45. The number of benzene rings is 2. The van der Waals surface area contributed by atoms with E-state index in [0.29, 0.717) is 17.8 Å². The number of anilines is 1. The van der Waals surface area contributed by atoms with E-state index in [4.69, 9.17) is 0 Å². The third-order valence-electron chi connectivity index (χ3n) is 4.57. The average molecular weight is 337 g/mol. The van der Waals surface area contributed by atoms with Crippen LogP contribution in [0, 0.1) is 0 Å². The van der Waals surface area contributed by atoms with Gasteiger partial charge in [0.1, 0.15) is 0 Å². The Morgan fingerprint density at radius 2 is 1.68 bits per heavy atom. The van der Waals surface area contributed by atoms with Crippen LogP contribution in [-0.4, -0.2) is 48.3 Å². The number of carbonyl (C=O) groups excluding carboxylic acids is 2. The number of ketones is 1. The number of Topliss-reactive ketones (excluding diaryl/α,β-unsaturated/α-hetero) is 1. The van der Waals surface area contributed by atoms with Crippen molar-refractivity contribution in [2.24, 2.45) is 0 Å². The molecule has 5 heteroatoms. The molecule has 0 aliphatic carbocycles. The number of hydrogen-bond donors (Lipinski definition) is 1. The molecule has 1 atom stereocenters. The predicted molar refractivity (Wildman–Crippen MR) is 98.9 cm³/mol. The molecule has 0 saturated carbocycles. The van der Waals surface area contributed by atoms with E-state index in [2.05, 4.69) is 29.4 Å². The Morgan fingerprint density at radius 1 is 1.00 bits per heavy atom. The maximum atomic E-state index is 12.8. The van der Waals surface area contributed by atoms with Crippen LogP contribution in [0.25, 0.3) is 0 Å². The summed E-state index contributed by atoms with van der Waals surface area (Å²) in [5, 5.41) is 2.95. The van der Waals surface area contributed by atoms with Gasteiger partial charge in [-0.1, -0.05) is 30.3 Å². The molecule has 0 bridgehead atoms. The molecule has 1 aliphatic heterocycles. The lowest BCUT2D eigenvalue weighted by Gasteiger charge is -2.40. The average Bonchev–Trinajstić information content (AvgIpc) is 2.62. The van der Waals surface area contributed by atoms with Crippen LogP contribution in [0.4, 0.5) is 10.5 Å². The highest BCUT2D eigenvalue weighted by Gasteiger charge is 2.30. The highest BCUT2D eigenvalue weighted by molar-refractivity contribution is 5.95. The van der Waals surface area contributed by atoms with Crippen LogP contribution >= 0.6 is 0 Å². The molecule has 3 rings (SSSR count). The lowest BCUT2D eigenvalue weighted by atomic mass is 10.0. The number of carbonyl (C=O) groups is 2. The molecule has 25 heavy (non-hydrogen) atoms. The summed E-state index contributed by atoms with van der Waals surface area (Å²) in [6, 6.07) is 17.0. The summed E-state index contributed by atoms with van der Waals surface area (Å²) in [5.74, 6) is 0.0149. The van der Waals surface area contributed by atoms with Crippen molar-refractivity contribution in [2.75, 3.05) is 32.0 Å². The van der Waals surface area contributed by atoms with Crippen LogP contribution in [0.2, 0.25) is 0 Å². The normalized spacial score (nSPS) is 18.0. The number of likely N-dealkylation sites (N-methyl/N-ethyl adjacent to an activating group) is 1. The fourth-order valence-electron chi connectivity index (χ4n) is 3.11. The molecule has 1 fully saturated rings. The van der Waals surface area contributed by atoms with Crippen LogP contribution in [0.15, 0.2) is 54.6 Å². The minimum absolute atomic E-state index is 0.0149. The maximum absolute atomic E-state index is 12.8. The van der Waals surface area contributed by atoms with Crippen molar-refractivity contribution in [1.29, 1.82) is 0 Å². The van der Waals surface area contributed by atoms with Gasteiger partial charge in [-0.15, -0.1) is 0 Å². The Bertz CT molecular complexity index is 743. The molecule has 0 unspecified atom stereocenters. The summed E-state index contributed by atoms with van der Waals surface area (Å²) in [6.07, 6.45) is 0. The molecule has 1 aliphatic rings. The molecular formula is C20H23N3O2. The van der Waals surface area contributed by atoms with Gasteiger partial charge in [0.15, 0.2) is 5.78 Å². The van der Waals surface area contributed by atoms with Crippen molar-refractivity contribution < 1.29 is 9.59 Å². The van der Waals surface area contributed by atoms with E-state index in [1.165, 1.54) is 6.92 Å². The molecule has 1 N–H and O–H groups in total. The van der Waals surface area contributed by atoms with Gasteiger partial charge in [0, 0.05) is 30.9 Å². The van der Waals surface area contributed by atoms with Crippen LogP contribution in [0.5, 0.6) is 0 Å². The molecule has 1 saturated heterocycles. The number of nitrogens with one attached hydrogen (secondary N) is 1. The summed E-state index contributed by atoms with van der Waals surface area (Å²) in [7, 11) is 2.08. The highest BCUT2D eigenvalue weighted by atomic mass is 16.2. The molecule has 0 radical (unpaired) electrons. The van der Waals surface area contributed by atoms with E-state index in [1.807, 2.05) is 23.1 Å². The zero-order chi connectivity index (χ0) is 17.8. The molecule has 2 aromatic rings. The van der Waals surface area contributed by atoms with E-state index in [9.17, 15) is 9.59 Å². The SMILES string of the molecule is CC(=O)c1ccc(NC(=O)N2CCN(C)C[C@H]2c2ccccc2)cc1. The monoisotopic (exact) mass is 337 g/mol. The fourth-order valence-corrected chi connectivity index (χ4v) is 3.11. The first-order valence-electron chi connectivity index (χ1n) is 8.46. The second-order valence-electron chi connectivity index (χ2n) is 6.45. The van der Waals surface area contributed by atoms with Crippen molar-refractivity contribution in [1.82, 2.24) is 9.80 Å². The summed E-state index contributed by atoms with van der Waals surface area (Å²) in [6.45, 7) is 3.86. The molecule has 2 aromatic carbocycles. The van der Waals surface area contributed by atoms with Gasteiger partial charge in [0.25, 0.3) is 0 Å². The summed E-state index contributed by atoms with van der Waals surface area (Å²) >= 11 is 0. The maximum Gasteiger partial charge on any atom is 0.322 e. The fraction of sp³-hybridized carbons (Fsp3) is 0.300. The first-order chi connectivity index (χ1) is 12.0. The van der Waals surface area contributed by atoms with Gasteiger partial charge < -0.3 is 15.1 Å². The molecule has 130 valence electrons. The summed E-state index contributed by atoms with van der Waals surface area (Å²) < 4.78 is 0. The highest BCUT2D eigenvalue weighted by Crippen LogP contribution is 2.25. The van der Waals surface area contributed by atoms with E-state index in [0.717, 1.165) is 18.7 Å². The molecule has 2 amide bonds. The first kappa shape index (κ1) is 17.2. The third-order valence-corrected chi connectivity index (χ3v) is 4.57. The van der Waals surface area contributed by atoms with Crippen molar-refractivity contribution >= 4 is 17.5 Å². The van der Waals surface area contributed by atoms with Crippen molar-refractivity contribution in [2.45, 2.75) is 13.0 Å².